The molecular weight excluding hydrogens is 377 g/mol. The van der Waals surface area contributed by atoms with Gasteiger partial charge in [-0.3, -0.25) is 0 Å². The van der Waals surface area contributed by atoms with Crippen molar-refractivity contribution in [2.75, 3.05) is 51.0 Å². The van der Waals surface area contributed by atoms with Gasteiger partial charge >= 0.3 is 6.18 Å². The van der Waals surface area contributed by atoms with Crippen LogP contribution >= 0.6 is 0 Å². The number of hydrogen-bond donors (Lipinski definition) is 2. The maximum absolute atomic E-state index is 12.7. The lowest BCUT2D eigenvalue weighted by Gasteiger charge is -2.21. The lowest BCUT2D eigenvalue weighted by atomic mass is 10.3. The molecule has 1 aliphatic rings. The molecule has 1 saturated heterocycles. The minimum Gasteiger partial charge on any atom is -0.386 e. The molecule has 0 aliphatic carbocycles. The maximum Gasteiger partial charge on any atom is 0.437 e. The van der Waals surface area contributed by atoms with Crippen LogP contribution in [0.4, 0.5) is 30.5 Å². The summed E-state index contributed by atoms with van der Waals surface area (Å²) in [6.07, 6.45) is -2.12. The number of aromatic nitrogens is 4. The Hall–Kier alpha value is -3.04. The van der Waals surface area contributed by atoms with E-state index in [9.17, 15) is 13.2 Å². The first-order chi connectivity index (χ1) is 13.3. The molecule has 3 rings (SSSR count). The summed E-state index contributed by atoms with van der Waals surface area (Å²) in [5.74, 6) is 0.288. The summed E-state index contributed by atoms with van der Waals surface area (Å²) < 4.78 is 43.1. The van der Waals surface area contributed by atoms with Crippen molar-refractivity contribution in [1.82, 2.24) is 25.1 Å². The predicted octanol–water partition coefficient (Wildman–Crippen LogP) is 1.89. The first-order valence-electron chi connectivity index (χ1n) is 8.21. The van der Waals surface area contributed by atoms with Gasteiger partial charge in [-0.05, 0) is 7.05 Å². The van der Waals surface area contributed by atoms with Gasteiger partial charge in [0.15, 0.2) is 17.2 Å². The Balaban J connectivity index is 0.000000336. The molecular formula is C16H19F3N8O. The van der Waals surface area contributed by atoms with E-state index in [0.717, 1.165) is 32.4 Å². The van der Waals surface area contributed by atoms with Gasteiger partial charge in [-0.2, -0.15) is 18.4 Å². The van der Waals surface area contributed by atoms with Crippen LogP contribution in [0.2, 0.25) is 0 Å². The van der Waals surface area contributed by atoms with Gasteiger partial charge in [0, 0.05) is 26.2 Å². The fourth-order valence-corrected chi connectivity index (χ4v) is 2.09. The van der Waals surface area contributed by atoms with Gasteiger partial charge in [0.05, 0.1) is 31.3 Å². The molecule has 28 heavy (non-hydrogen) atoms. The summed E-state index contributed by atoms with van der Waals surface area (Å²) in [6.45, 7) is 4.02. The molecule has 0 amide bonds. The Morgan fingerprint density at radius 1 is 1.14 bits per heavy atom. The molecule has 0 saturated carbocycles. The van der Waals surface area contributed by atoms with E-state index in [0.29, 0.717) is 0 Å². The number of hydrogen-bond acceptors (Lipinski definition) is 9. The lowest BCUT2D eigenvalue weighted by molar-refractivity contribution is -0.141. The summed E-state index contributed by atoms with van der Waals surface area (Å²) in [5.41, 5.74) is -1.21. The van der Waals surface area contributed by atoms with E-state index in [1.807, 2.05) is 0 Å². The average Bonchev–Trinajstić information content (AvgIpc) is 2.69. The highest BCUT2D eigenvalue weighted by Crippen LogP contribution is 2.33. The number of nitrogens with zero attached hydrogens (tertiary/aromatic N) is 6. The van der Waals surface area contributed by atoms with Crippen molar-refractivity contribution in [3.8, 4) is 6.07 Å². The molecule has 0 atom stereocenters. The van der Waals surface area contributed by atoms with E-state index in [1.54, 1.807) is 6.07 Å². The number of rotatable bonds is 3. The van der Waals surface area contributed by atoms with Gasteiger partial charge in [0.1, 0.15) is 11.9 Å². The number of nitrogens with one attached hydrogen (secondary N) is 2. The normalized spacial score (nSPS) is 14.4. The molecule has 0 aromatic carbocycles. The minimum atomic E-state index is -4.60. The van der Waals surface area contributed by atoms with E-state index in [1.165, 1.54) is 19.4 Å². The molecule has 9 nitrogen and oxygen atoms in total. The molecule has 0 bridgehead atoms. The zero-order valence-electron chi connectivity index (χ0n) is 15.3. The van der Waals surface area contributed by atoms with Crippen molar-refractivity contribution in [1.29, 1.82) is 5.26 Å². The SMILES string of the molecule is CN1CCOCC1.CNc1cc(Nc2cnc(C#N)cn2)nnc1C(F)(F)F. The Morgan fingerprint density at radius 3 is 2.32 bits per heavy atom. The topological polar surface area (TPSA) is 112 Å². The van der Waals surface area contributed by atoms with Crippen molar-refractivity contribution < 1.29 is 17.9 Å². The number of halogens is 3. The number of anilines is 3. The Morgan fingerprint density at radius 2 is 1.86 bits per heavy atom. The fourth-order valence-electron chi connectivity index (χ4n) is 2.09. The molecule has 2 aromatic heterocycles. The van der Waals surface area contributed by atoms with Crippen LogP contribution in [0.15, 0.2) is 18.5 Å². The smallest absolute Gasteiger partial charge is 0.386 e. The number of alkyl halides is 3. The quantitative estimate of drug-likeness (QED) is 0.803. The maximum atomic E-state index is 12.7. The minimum absolute atomic E-state index is 0.0614. The van der Waals surface area contributed by atoms with Crippen molar-refractivity contribution in [3.05, 3.63) is 29.8 Å². The highest BCUT2D eigenvalue weighted by Gasteiger charge is 2.36. The van der Waals surface area contributed by atoms with Crippen LogP contribution in [0.25, 0.3) is 0 Å². The van der Waals surface area contributed by atoms with Crippen LogP contribution in [0.5, 0.6) is 0 Å². The number of morpholine rings is 1. The molecule has 0 unspecified atom stereocenters. The third-order valence-corrected chi connectivity index (χ3v) is 3.59. The third kappa shape index (κ3) is 6.29. The summed E-state index contributed by atoms with van der Waals surface area (Å²) in [5, 5.41) is 20.2. The van der Waals surface area contributed by atoms with Gasteiger partial charge in [-0.15, -0.1) is 10.2 Å². The number of ether oxygens (including phenoxy) is 1. The first-order valence-corrected chi connectivity index (χ1v) is 8.21. The second kappa shape index (κ2) is 9.77. The van der Waals surface area contributed by atoms with Crippen LogP contribution < -0.4 is 10.6 Å². The van der Waals surface area contributed by atoms with E-state index < -0.39 is 11.9 Å². The van der Waals surface area contributed by atoms with E-state index >= 15 is 0 Å². The van der Waals surface area contributed by atoms with Crippen molar-refractivity contribution in [2.45, 2.75) is 6.18 Å². The molecule has 1 fully saturated rings. The molecule has 0 spiro atoms. The largest absolute Gasteiger partial charge is 0.437 e. The Bertz CT molecular complexity index is 801. The van der Waals surface area contributed by atoms with E-state index in [-0.39, 0.29) is 23.0 Å². The second-order valence-electron chi connectivity index (χ2n) is 5.68. The first kappa shape index (κ1) is 21.3. The molecule has 150 valence electrons. The molecule has 1 aliphatic heterocycles. The number of likely N-dealkylation sites (N-methyl/N-ethyl adjacent to an activating group) is 1. The monoisotopic (exact) mass is 396 g/mol. The fraction of sp³-hybridized carbons (Fsp3) is 0.438. The summed E-state index contributed by atoms with van der Waals surface area (Å²) in [6, 6.07) is 2.94. The zero-order chi connectivity index (χ0) is 20.6. The zero-order valence-corrected chi connectivity index (χ0v) is 15.3. The molecule has 2 aromatic rings. The van der Waals surface area contributed by atoms with Crippen LogP contribution in [0, 0.1) is 11.3 Å². The van der Waals surface area contributed by atoms with Crippen LogP contribution in [-0.2, 0) is 10.9 Å². The Labute approximate surface area is 159 Å². The molecule has 0 radical (unpaired) electrons. The van der Waals surface area contributed by atoms with Crippen molar-refractivity contribution in [2.24, 2.45) is 0 Å². The molecule has 2 N–H and O–H groups in total. The van der Waals surface area contributed by atoms with Gasteiger partial charge in [-0.25, -0.2) is 9.97 Å². The predicted molar refractivity (Wildman–Crippen MR) is 94.9 cm³/mol. The van der Waals surface area contributed by atoms with Crippen molar-refractivity contribution >= 4 is 17.3 Å². The lowest BCUT2D eigenvalue weighted by Crippen LogP contribution is -2.32. The highest BCUT2D eigenvalue weighted by atomic mass is 19.4. The third-order valence-electron chi connectivity index (χ3n) is 3.59. The second-order valence-corrected chi connectivity index (χ2v) is 5.68. The standard InChI is InChI=1S/C11H8F3N7.C5H11NO/c1-16-7-2-8(20-21-10(7)11(12,13)14)19-9-5-17-6(3-15)4-18-9;1-6-2-4-7-5-3-6/h2,4-5H,1H3,(H2,16,18,19,20);2-5H2,1H3. The number of nitriles is 1. The van der Waals surface area contributed by atoms with Gasteiger partial charge < -0.3 is 20.3 Å². The van der Waals surface area contributed by atoms with Crippen molar-refractivity contribution in [3.63, 3.8) is 0 Å². The summed E-state index contributed by atoms with van der Waals surface area (Å²) in [4.78, 5) is 9.90. The van der Waals surface area contributed by atoms with Crippen LogP contribution in [-0.4, -0.2) is 65.5 Å². The Kier molecular flexibility index (Phi) is 7.42. The summed E-state index contributed by atoms with van der Waals surface area (Å²) >= 11 is 0. The van der Waals surface area contributed by atoms with Crippen LogP contribution in [0.1, 0.15) is 11.4 Å². The van der Waals surface area contributed by atoms with E-state index in [4.69, 9.17) is 10.00 Å². The van der Waals surface area contributed by atoms with Gasteiger partial charge in [-0.1, -0.05) is 0 Å². The van der Waals surface area contributed by atoms with E-state index in [2.05, 4.69) is 42.7 Å². The van der Waals surface area contributed by atoms with Gasteiger partial charge in [0.25, 0.3) is 0 Å². The van der Waals surface area contributed by atoms with Gasteiger partial charge in [0.2, 0.25) is 0 Å². The molecule has 3 heterocycles. The molecule has 12 heteroatoms. The van der Waals surface area contributed by atoms with Crippen LogP contribution in [0.3, 0.4) is 0 Å². The summed E-state index contributed by atoms with van der Waals surface area (Å²) in [7, 11) is 3.46. The average molecular weight is 396 g/mol. The highest BCUT2D eigenvalue weighted by molar-refractivity contribution is 5.59.